The second-order valence-corrected chi connectivity index (χ2v) is 4.35. The van der Waals surface area contributed by atoms with Gasteiger partial charge >= 0.3 is 5.97 Å². The normalized spacial score (nSPS) is 18.3. The van der Waals surface area contributed by atoms with Crippen LogP contribution in [0.25, 0.3) is 0 Å². The predicted octanol–water partition coefficient (Wildman–Crippen LogP) is 1.57. The standard InChI is InChI=1S/C12H14N2O5/c1-7-5-8(6-9(11(7)13)14(16)17)19-12(15)10-3-2-4-18-10/h5-6,10H,2-4,13H2,1H3. The lowest BCUT2D eigenvalue weighted by molar-refractivity contribution is -0.384. The van der Waals surface area contributed by atoms with Crippen molar-refractivity contribution in [2.45, 2.75) is 25.9 Å². The summed E-state index contributed by atoms with van der Waals surface area (Å²) in [5, 5.41) is 10.8. The first-order valence-corrected chi connectivity index (χ1v) is 5.87. The minimum absolute atomic E-state index is 0.0712. The van der Waals surface area contributed by atoms with Gasteiger partial charge in [-0.3, -0.25) is 10.1 Å². The van der Waals surface area contributed by atoms with Crippen molar-refractivity contribution in [3.05, 3.63) is 27.8 Å². The van der Waals surface area contributed by atoms with E-state index in [9.17, 15) is 14.9 Å². The largest absolute Gasteiger partial charge is 0.424 e. The van der Waals surface area contributed by atoms with Gasteiger partial charge in [0, 0.05) is 6.61 Å². The number of rotatable bonds is 3. The number of aryl methyl sites for hydroxylation is 1. The third-order valence-electron chi connectivity index (χ3n) is 2.95. The van der Waals surface area contributed by atoms with Crippen LogP contribution in [0.5, 0.6) is 5.75 Å². The van der Waals surface area contributed by atoms with Gasteiger partial charge in [-0.2, -0.15) is 0 Å². The van der Waals surface area contributed by atoms with Gasteiger partial charge in [0.1, 0.15) is 11.4 Å². The van der Waals surface area contributed by atoms with E-state index < -0.39 is 17.0 Å². The Labute approximate surface area is 109 Å². The summed E-state index contributed by atoms with van der Waals surface area (Å²) >= 11 is 0. The highest BCUT2D eigenvalue weighted by Crippen LogP contribution is 2.30. The molecule has 0 aromatic heterocycles. The molecule has 7 heteroatoms. The maximum absolute atomic E-state index is 11.7. The Morgan fingerprint density at radius 2 is 2.32 bits per heavy atom. The second kappa shape index (κ2) is 5.23. The summed E-state index contributed by atoms with van der Waals surface area (Å²) in [6.07, 6.45) is 0.826. The molecule has 0 spiro atoms. The second-order valence-electron chi connectivity index (χ2n) is 4.35. The molecule has 0 radical (unpaired) electrons. The summed E-state index contributed by atoms with van der Waals surface area (Å²) in [6, 6.07) is 2.64. The van der Waals surface area contributed by atoms with Crippen molar-refractivity contribution in [1.82, 2.24) is 0 Å². The number of esters is 1. The number of carbonyl (C=O) groups excluding carboxylic acids is 1. The molecular weight excluding hydrogens is 252 g/mol. The SMILES string of the molecule is Cc1cc(OC(=O)C2CCCO2)cc([N+](=O)[O-])c1N. The lowest BCUT2D eigenvalue weighted by Crippen LogP contribution is -2.24. The summed E-state index contributed by atoms with van der Waals surface area (Å²) in [4.78, 5) is 22.0. The van der Waals surface area contributed by atoms with Crippen LogP contribution >= 0.6 is 0 Å². The highest BCUT2D eigenvalue weighted by Gasteiger charge is 2.26. The molecule has 1 aliphatic heterocycles. The van der Waals surface area contributed by atoms with Crippen molar-refractivity contribution >= 4 is 17.3 Å². The van der Waals surface area contributed by atoms with Crippen LogP contribution in [0, 0.1) is 17.0 Å². The van der Waals surface area contributed by atoms with E-state index in [2.05, 4.69) is 0 Å². The first kappa shape index (κ1) is 13.3. The molecule has 2 rings (SSSR count). The van der Waals surface area contributed by atoms with Crippen molar-refractivity contribution in [2.24, 2.45) is 0 Å². The summed E-state index contributed by atoms with van der Waals surface area (Å²) in [5.41, 5.74) is 5.89. The van der Waals surface area contributed by atoms with E-state index in [0.29, 0.717) is 18.6 Å². The number of ether oxygens (including phenoxy) is 2. The van der Waals surface area contributed by atoms with Crippen molar-refractivity contribution in [3.8, 4) is 5.75 Å². The quantitative estimate of drug-likeness (QED) is 0.293. The van der Waals surface area contributed by atoms with Gasteiger partial charge in [-0.25, -0.2) is 4.79 Å². The monoisotopic (exact) mass is 266 g/mol. The molecule has 102 valence electrons. The van der Waals surface area contributed by atoms with Crippen LogP contribution in [-0.2, 0) is 9.53 Å². The number of nitro benzene ring substituents is 1. The molecule has 2 N–H and O–H groups in total. The van der Waals surface area contributed by atoms with Gasteiger partial charge in [-0.05, 0) is 31.4 Å². The van der Waals surface area contributed by atoms with Crippen LogP contribution in [0.4, 0.5) is 11.4 Å². The molecule has 7 nitrogen and oxygen atoms in total. The Kier molecular flexibility index (Phi) is 3.66. The molecular formula is C12H14N2O5. The van der Waals surface area contributed by atoms with Crippen LogP contribution in [0.3, 0.4) is 0 Å². The van der Waals surface area contributed by atoms with Crippen LogP contribution in [0.15, 0.2) is 12.1 Å². The molecule has 1 saturated heterocycles. The van der Waals surface area contributed by atoms with Crippen molar-refractivity contribution in [3.63, 3.8) is 0 Å². The topological polar surface area (TPSA) is 105 Å². The zero-order chi connectivity index (χ0) is 14.0. The van der Waals surface area contributed by atoms with E-state index in [1.165, 1.54) is 6.07 Å². The predicted molar refractivity (Wildman–Crippen MR) is 66.9 cm³/mol. The van der Waals surface area contributed by atoms with Crippen molar-refractivity contribution < 1.29 is 19.2 Å². The number of hydrogen-bond acceptors (Lipinski definition) is 6. The molecule has 1 aromatic carbocycles. The van der Waals surface area contributed by atoms with E-state index in [1.807, 2.05) is 0 Å². The van der Waals surface area contributed by atoms with Gasteiger partial charge in [-0.15, -0.1) is 0 Å². The van der Waals surface area contributed by atoms with Gasteiger partial charge in [0.05, 0.1) is 11.0 Å². The average Bonchev–Trinajstić information content (AvgIpc) is 2.86. The Bertz CT molecular complexity index is 523. The average molecular weight is 266 g/mol. The van der Waals surface area contributed by atoms with Crippen LogP contribution in [0.2, 0.25) is 0 Å². The van der Waals surface area contributed by atoms with Gasteiger partial charge < -0.3 is 15.2 Å². The van der Waals surface area contributed by atoms with E-state index in [1.54, 1.807) is 6.92 Å². The maximum Gasteiger partial charge on any atom is 0.340 e. The molecule has 1 heterocycles. The number of nitrogens with two attached hydrogens (primary N) is 1. The van der Waals surface area contributed by atoms with E-state index in [4.69, 9.17) is 15.2 Å². The summed E-state index contributed by atoms with van der Waals surface area (Å²) in [7, 11) is 0. The van der Waals surface area contributed by atoms with Crippen LogP contribution < -0.4 is 10.5 Å². The number of hydrogen-bond donors (Lipinski definition) is 1. The van der Waals surface area contributed by atoms with Crippen molar-refractivity contribution in [1.29, 1.82) is 0 Å². The lowest BCUT2D eigenvalue weighted by Gasteiger charge is -2.10. The van der Waals surface area contributed by atoms with E-state index in [-0.39, 0.29) is 17.1 Å². The number of carbonyl (C=O) groups is 1. The molecule has 19 heavy (non-hydrogen) atoms. The molecule has 1 atom stereocenters. The Morgan fingerprint density at radius 3 is 2.89 bits per heavy atom. The summed E-state index contributed by atoms with van der Waals surface area (Å²) in [5.74, 6) is -0.421. The highest BCUT2D eigenvalue weighted by atomic mass is 16.6. The third kappa shape index (κ3) is 2.82. The molecule has 1 aliphatic rings. The smallest absolute Gasteiger partial charge is 0.340 e. The number of nitrogens with zero attached hydrogens (tertiary/aromatic N) is 1. The van der Waals surface area contributed by atoms with Gasteiger partial charge in [0.25, 0.3) is 5.69 Å². The number of nitrogen functional groups attached to an aromatic ring is 1. The maximum atomic E-state index is 11.7. The number of nitro groups is 1. The van der Waals surface area contributed by atoms with Crippen LogP contribution in [-0.4, -0.2) is 23.6 Å². The minimum Gasteiger partial charge on any atom is -0.424 e. The molecule has 1 aromatic rings. The van der Waals surface area contributed by atoms with Gasteiger partial charge in [-0.1, -0.05) is 0 Å². The number of anilines is 1. The molecule has 0 aliphatic carbocycles. The zero-order valence-corrected chi connectivity index (χ0v) is 10.4. The lowest BCUT2D eigenvalue weighted by atomic mass is 10.1. The molecule has 1 fully saturated rings. The van der Waals surface area contributed by atoms with Crippen LogP contribution in [0.1, 0.15) is 18.4 Å². The fourth-order valence-corrected chi connectivity index (χ4v) is 1.90. The first-order valence-electron chi connectivity index (χ1n) is 5.87. The minimum atomic E-state index is -0.605. The molecule has 0 bridgehead atoms. The Hall–Kier alpha value is -2.15. The van der Waals surface area contributed by atoms with Crippen molar-refractivity contribution in [2.75, 3.05) is 12.3 Å². The zero-order valence-electron chi connectivity index (χ0n) is 10.4. The summed E-state index contributed by atoms with van der Waals surface area (Å²) in [6.45, 7) is 2.15. The highest BCUT2D eigenvalue weighted by molar-refractivity contribution is 5.78. The Balaban J connectivity index is 2.20. The first-order chi connectivity index (χ1) is 8.99. The van der Waals surface area contributed by atoms with E-state index in [0.717, 1.165) is 12.5 Å². The Morgan fingerprint density at radius 1 is 1.58 bits per heavy atom. The molecule has 0 saturated carbocycles. The third-order valence-corrected chi connectivity index (χ3v) is 2.95. The molecule has 0 amide bonds. The van der Waals surface area contributed by atoms with Gasteiger partial charge in [0.15, 0.2) is 6.10 Å². The fraction of sp³-hybridized carbons (Fsp3) is 0.417. The molecule has 1 unspecified atom stereocenters. The van der Waals surface area contributed by atoms with Gasteiger partial charge in [0.2, 0.25) is 0 Å². The summed E-state index contributed by atoms with van der Waals surface area (Å²) < 4.78 is 10.3. The van der Waals surface area contributed by atoms with E-state index >= 15 is 0 Å². The fourth-order valence-electron chi connectivity index (χ4n) is 1.90. The number of benzene rings is 1.